The van der Waals surface area contributed by atoms with Gasteiger partial charge < -0.3 is 4.74 Å². The van der Waals surface area contributed by atoms with E-state index in [9.17, 15) is 0 Å². The number of hydrogen-bond donors (Lipinski definition) is 0. The van der Waals surface area contributed by atoms with Crippen molar-refractivity contribution in [2.45, 2.75) is 34.3 Å². The van der Waals surface area contributed by atoms with Crippen LogP contribution in [0.1, 0.15) is 41.5 Å². The molecule has 3 aromatic rings. The van der Waals surface area contributed by atoms with Crippen molar-refractivity contribution in [2.75, 3.05) is 0 Å². The lowest BCUT2D eigenvalue weighted by Crippen LogP contribution is -2.14. The van der Waals surface area contributed by atoms with Crippen molar-refractivity contribution in [1.82, 2.24) is 0 Å². The van der Waals surface area contributed by atoms with Gasteiger partial charge in [0, 0.05) is 0 Å². The summed E-state index contributed by atoms with van der Waals surface area (Å²) in [5.41, 5.74) is 3.63. The molecule has 1 nitrogen and oxygen atoms in total. The maximum atomic E-state index is 6.72. The molecule has 0 unspecified atom stereocenters. The highest BCUT2D eigenvalue weighted by Gasteiger charge is 2.31. The first-order chi connectivity index (χ1) is 13.8. The molecule has 5 aliphatic rings. The minimum atomic E-state index is -1.19. The van der Waals surface area contributed by atoms with Crippen LogP contribution in [0.5, 0.6) is 11.5 Å². The van der Waals surface area contributed by atoms with Crippen molar-refractivity contribution in [1.29, 1.82) is 0 Å². The van der Waals surface area contributed by atoms with E-state index in [0.717, 1.165) is 47.5 Å². The number of hydrogen-bond acceptors (Lipinski definition) is 1. The molecule has 0 amide bonds. The molecule has 0 saturated carbocycles. The Morgan fingerprint density at radius 1 is 0.586 bits per heavy atom. The molecule has 0 saturated heterocycles. The van der Waals surface area contributed by atoms with E-state index in [4.69, 9.17) is 51.1 Å². The first kappa shape index (κ1) is 20.9. The van der Waals surface area contributed by atoms with E-state index in [-0.39, 0.29) is 0 Å². The van der Waals surface area contributed by atoms with Gasteiger partial charge in [0.1, 0.15) is 15.8 Å². The predicted molar refractivity (Wildman–Crippen MR) is 123 cm³/mol. The van der Waals surface area contributed by atoms with Crippen LogP contribution in [0.2, 0.25) is 0 Å². The predicted octanol–water partition coefficient (Wildman–Crippen LogP) is 8.51. The summed E-state index contributed by atoms with van der Waals surface area (Å²) in [5, 5.41) is 0. The fraction of sp³-hybridized carbons (Fsp3) is 0.250. The number of ether oxygens (including phenoxy) is 1. The molecule has 0 atom stereocenters. The minimum absolute atomic E-state index is 0.671. The van der Waals surface area contributed by atoms with Crippen molar-refractivity contribution in [3.63, 3.8) is 0 Å². The summed E-state index contributed by atoms with van der Waals surface area (Å²) in [6, 6.07) is 23.2. The zero-order chi connectivity index (χ0) is 20.5. The fourth-order valence-corrected chi connectivity index (χ4v) is 4.53. The largest absolute Gasteiger partial charge is 0.457 e. The minimum Gasteiger partial charge on any atom is -0.457 e. The van der Waals surface area contributed by atoms with E-state index in [1.165, 1.54) is 5.56 Å². The Hall–Kier alpha value is -1.38. The molecule has 0 spiro atoms. The first-order valence-electron chi connectivity index (χ1n) is 9.59. The third kappa shape index (κ3) is 4.70. The summed E-state index contributed by atoms with van der Waals surface area (Å²) < 4.78 is 3.81. The third-order valence-electron chi connectivity index (χ3n) is 5.25. The van der Waals surface area contributed by atoms with Gasteiger partial charge in [-0.25, -0.2) is 0 Å². The van der Waals surface area contributed by atoms with E-state index < -0.39 is 8.67 Å². The maximum Gasteiger partial charge on any atom is 0.168 e. The van der Waals surface area contributed by atoms with Crippen LogP contribution in [0.4, 0.5) is 0 Å². The number of fused-ring (bicyclic) bond motifs is 1. The number of alkyl halides is 4. The Morgan fingerprint density at radius 2 is 1.07 bits per heavy atom. The number of rotatable bonds is 0. The Bertz CT molecular complexity index is 961. The van der Waals surface area contributed by atoms with Gasteiger partial charge in [-0.2, -0.15) is 0 Å². The van der Waals surface area contributed by atoms with E-state index in [2.05, 4.69) is 12.1 Å². The number of benzene rings is 3. The molecule has 8 rings (SSSR count). The molecule has 29 heavy (non-hydrogen) atoms. The lowest BCUT2D eigenvalue weighted by Gasteiger charge is -2.24. The maximum absolute atomic E-state index is 6.72. The van der Waals surface area contributed by atoms with Crippen molar-refractivity contribution < 1.29 is 4.74 Å². The molecule has 0 N–H and O–H groups in total. The first-order valence-corrected chi connectivity index (χ1v) is 11.1. The average Bonchev–Trinajstić information content (AvgIpc) is 2.72. The topological polar surface area (TPSA) is 9.23 Å². The van der Waals surface area contributed by atoms with Crippen LogP contribution in [0, 0.1) is 0 Å². The molecule has 5 heterocycles. The normalized spacial score (nSPS) is 17.9. The van der Waals surface area contributed by atoms with Gasteiger partial charge in [0.15, 0.2) is 4.33 Å². The van der Waals surface area contributed by atoms with E-state index in [0.29, 0.717) is 6.42 Å². The van der Waals surface area contributed by atoms with Crippen LogP contribution in [-0.2, 0) is 15.1 Å². The summed E-state index contributed by atoms with van der Waals surface area (Å²) in [5.74, 6) is 1.52. The van der Waals surface area contributed by atoms with Gasteiger partial charge in [-0.3, -0.25) is 0 Å². The zero-order valence-corrected chi connectivity index (χ0v) is 18.7. The summed E-state index contributed by atoms with van der Waals surface area (Å²) in [4.78, 5) is 0. The molecule has 0 fully saturated rings. The molecule has 5 aliphatic heterocycles. The third-order valence-corrected chi connectivity index (χ3v) is 6.94. The van der Waals surface area contributed by atoms with Crippen LogP contribution in [0.25, 0.3) is 0 Å². The van der Waals surface area contributed by atoms with Crippen molar-refractivity contribution in [2.24, 2.45) is 0 Å². The number of halogens is 4. The monoisotopic (exact) mass is 464 g/mol. The number of aryl methyl sites for hydroxylation is 1. The van der Waals surface area contributed by atoms with Crippen LogP contribution in [0.3, 0.4) is 0 Å². The summed E-state index contributed by atoms with van der Waals surface area (Å²) in [6.07, 6.45) is 3.57. The molecule has 0 radical (unpaired) electrons. The van der Waals surface area contributed by atoms with Gasteiger partial charge in [0.25, 0.3) is 0 Å². The molecule has 3 aromatic carbocycles. The lowest BCUT2D eigenvalue weighted by molar-refractivity contribution is 0.482. The molecule has 0 aromatic heterocycles. The smallest absolute Gasteiger partial charge is 0.168 e. The molecular formula is C24H20Cl4O. The van der Waals surface area contributed by atoms with Gasteiger partial charge >= 0.3 is 0 Å². The fourth-order valence-electron chi connectivity index (χ4n) is 3.50. The Balaban J connectivity index is 1.71. The van der Waals surface area contributed by atoms with Crippen molar-refractivity contribution in [3.8, 4) is 11.5 Å². The quantitative estimate of drug-likeness (QED) is 0.302. The van der Waals surface area contributed by atoms with Crippen molar-refractivity contribution >= 4 is 46.4 Å². The van der Waals surface area contributed by atoms with Gasteiger partial charge in [0.05, 0.1) is 0 Å². The SMILES string of the molecule is ClC1(Cl)CCCCc2ccc(cc2)Oc2ccc(cc2)C(Cl)(Cl)c2ccc1cc2. The summed E-state index contributed by atoms with van der Waals surface area (Å²) >= 11 is 26.7. The second-order valence-corrected chi connectivity index (χ2v) is 10.1. The molecular weight excluding hydrogens is 446 g/mol. The van der Waals surface area contributed by atoms with Gasteiger partial charge in [-0.1, -0.05) is 94.9 Å². The summed E-state index contributed by atoms with van der Waals surface area (Å²) in [7, 11) is 0. The standard InChI is InChI=1S/C24H20Cl4O/c25-23(26)16-2-1-3-17-4-12-21(13-5-17)29-22-14-10-20(11-15-22)24(27,28)19-8-6-18(23)7-9-19/h4-15H,1-3,16H2. The zero-order valence-electron chi connectivity index (χ0n) is 15.7. The second kappa shape index (κ2) is 8.40. The van der Waals surface area contributed by atoms with Crippen LogP contribution in [-0.4, -0.2) is 0 Å². The van der Waals surface area contributed by atoms with Crippen LogP contribution < -0.4 is 4.74 Å². The molecule has 0 aliphatic carbocycles. The average molecular weight is 466 g/mol. The van der Waals surface area contributed by atoms with Crippen molar-refractivity contribution in [3.05, 3.63) is 95.1 Å². The second-order valence-electron chi connectivity index (χ2n) is 7.33. The van der Waals surface area contributed by atoms with E-state index >= 15 is 0 Å². The van der Waals surface area contributed by atoms with Gasteiger partial charge in [-0.15, -0.1) is 0 Å². The van der Waals surface area contributed by atoms with Gasteiger partial charge in [-0.05, 0) is 72.2 Å². The highest BCUT2D eigenvalue weighted by Crippen LogP contribution is 2.44. The highest BCUT2D eigenvalue weighted by molar-refractivity contribution is 6.50. The van der Waals surface area contributed by atoms with Crippen LogP contribution in [0.15, 0.2) is 72.8 Å². The summed E-state index contributed by atoms with van der Waals surface area (Å²) in [6.45, 7) is 0. The Morgan fingerprint density at radius 3 is 1.66 bits per heavy atom. The van der Waals surface area contributed by atoms with Gasteiger partial charge in [0.2, 0.25) is 0 Å². The van der Waals surface area contributed by atoms with E-state index in [1.54, 1.807) is 0 Å². The highest BCUT2D eigenvalue weighted by atomic mass is 35.5. The lowest BCUT2D eigenvalue weighted by atomic mass is 9.99. The van der Waals surface area contributed by atoms with E-state index in [1.807, 2.05) is 60.7 Å². The Labute approximate surface area is 191 Å². The Kier molecular flexibility index (Phi) is 6.04. The van der Waals surface area contributed by atoms with Crippen LogP contribution >= 0.6 is 46.4 Å². The molecule has 150 valence electrons. The molecule has 5 heteroatoms. The molecule has 6 bridgehead atoms.